The second-order valence-electron chi connectivity index (χ2n) is 7.05. The molecule has 1 N–H and O–H groups in total. The predicted molar refractivity (Wildman–Crippen MR) is 112 cm³/mol. The first-order chi connectivity index (χ1) is 14.1. The molecule has 146 valence electrons. The Labute approximate surface area is 169 Å². The zero-order chi connectivity index (χ0) is 20.4. The molecule has 0 radical (unpaired) electrons. The second-order valence-corrected chi connectivity index (χ2v) is 7.05. The van der Waals surface area contributed by atoms with Crippen LogP contribution in [0.15, 0.2) is 78.9 Å². The van der Waals surface area contributed by atoms with E-state index in [1.54, 1.807) is 49.4 Å². The molecule has 0 saturated carbocycles. The van der Waals surface area contributed by atoms with E-state index in [1.165, 1.54) is 0 Å². The van der Waals surface area contributed by atoms with Crippen molar-refractivity contribution in [3.05, 3.63) is 95.6 Å². The standard InChI is InChI=1S/C24H22N2O3/c1-26-22(16-8-4-3-5-9-16)21(19-10-6-7-11-20(19)24(26)28)23(27)25-17-12-14-18(29-2)15-13-17/h3-15,21-22H,1-2H3,(H,25,27). The summed E-state index contributed by atoms with van der Waals surface area (Å²) in [4.78, 5) is 28.1. The fourth-order valence-corrected chi connectivity index (χ4v) is 3.92. The van der Waals surface area contributed by atoms with Gasteiger partial charge in [0.25, 0.3) is 5.91 Å². The number of ether oxygens (including phenoxy) is 1. The van der Waals surface area contributed by atoms with Crippen molar-refractivity contribution >= 4 is 17.5 Å². The fraction of sp³-hybridized carbons (Fsp3) is 0.167. The van der Waals surface area contributed by atoms with Crippen molar-refractivity contribution in [3.63, 3.8) is 0 Å². The zero-order valence-electron chi connectivity index (χ0n) is 16.3. The number of benzene rings is 3. The zero-order valence-corrected chi connectivity index (χ0v) is 16.3. The molecule has 3 aromatic rings. The minimum absolute atomic E-state index is 0.0806. The molecule has 0 fully saturated rings. The van der Waals surface area contributed by atoms with Crippen molar-refractivity contribution in [1.29, 1.82) is 0 Å². The lowest BCUT2D eigenvalue weighted by Gasteiger charge is -2.39. The molecule has 1 aliphatic rings. The van der Waals surface area contributed by atoms with E-state index in [4.69, 9.17) is 4.74 Å². The monoisotopic (exact) mass is 386 g/mol. The van der Waals surface area contributed by atoms with E-state index < -0.39 is 12.0 Å². The maximum Gasteiger partial charge on any atom is 0.254 e. The summed E-state index contributed by atoms with van der Waals surface area (Å²) in [5.74, 6) is -0.0457. The van der Waals surface area contributed by atoms with E-state index in [-0.39, 0.29) is 11.8 Å². The summed E-state index contributed by atoms with van der Waals surface area (Å²) in [5.41, 5.74) is 2.92. The highest BCUT2D eigenvalue weighted by Gasteiger charge is 2.42. The van der Waals surface area contributed by atoms with E-state index in [2.05, 4.69) is 5.32 Å². The SMILES string of the molecule is COc1ccc(NC(=O)C2c3ccccc3C(=O)N(C)C2c2ccccc2)cc1. The Morgan fingerprint density at radius 1 is 0.931 bits per heavy atom. The van der Waals surface area contributed by atoms with Crippen LogP contribution in [-0.4, -0.2) is 30.9 Å². The third-order valence-corrected chi connectivity index (χ3v) is 5.36. The first kappa shape index (κ1) is 18.7. The number of hydrogen-bond acceptors (Lipinski definition) is 3. The Morgan fingerprint density at radius 2 is 1.59 bits per heavy atom. The Morgan fingerprint density at radius 3 is 2.28 bits per heavy atom. The Bertz CT molecular complexity index is 1030. The van der Waals surface area contributed by atoms with Gasteiger partial charge in [-0.25, -0.2) is 0 Å². The van der Waals surface area contributed by atoms with Crippen molar-refractivity contribution in [2.24, 2.45) is 0 Å². The summed E-state index contributed by atoms with van der Waals surface area (Å²) in [6.07, 6.45) is 0. The van der Waals surface area contributed by atoms with E-state index in [0.717, 1.165) is 16.9 Å². The molecule has 0 spiro atoms. The van der Waals surface area contributed by atoms with E-state index in [0.29, 0.717) is 11.3 Å². The molecule has 2 amide bonds. The van der Waals surface area contributed by atoms with E-state index in [9.17, 15) is 9.59 Å². The lowest BCUT2D eigenvalue weighted by Crippen LogP contribution is -2.44. The van der Waals surface area contributed by atoms with Gasteiger partial charge in [0.15, 0.2) is 0 Å². The van der Waals surface area contributed by atoms with Crippen LogP contribution in [0.5, 0.6) is 5.75 Å². The van der Waals surface area contributed by atoms with Crippen molar-refractivity contribution in [2.45, 2.75) is 12.0 Å². The second kappa shape index (κ2) is 7.80. The molecule has 0 saturated heterocycles. The van der Waals surface area contributed by atoms with Crippen LogP contribution in [0.25, 0.3) is 0 Å². The van der Waals surface area contributed by atoms with Crippen LogP contribution in [-0.2, 0) is 4.79 Å². The lowest BCUT2D eigenvalue weighted by atomic mass is 9.79. The van der Waals surface area contributed by atoms with E-state index >= 15 is 0 Å². The van der Waals surface area contributed by atoms with Crippen LogP contribution in [0, 0.1) is 0 Å². The third-order valence-electron chi connectivity index (χ3n) is 5.36. The first-order valence-electron chi connectivity index (χ1n) is 9.46. The number of fused-ring (bicyclic) bond motifs is 1. The Balaban J connectivity index is 1.76. The van der Waals surface area contributed by atoms with Gasteiger partial charge in [0, 0.05) is 18.3 Å². The summed E-state index contributed by atoms with van der Waals surface area (Å²) in [7, 11) is 3.35. The summed E-state index contributed by atoms with van der Waals surface area (Å²) in [6.45, 7) is 0. The van der Waals surface area contributed by atoms with Crippen LogP contribution < -0.4 is 10.1 Å². The average molecular weight is 386 g/mol. The Hall–Kier alpha value is -3.60. The summed E-state index contributed by atoms with van der Waals surface area (Å²) >= 11 is 0. The number of likely N-dealkylation sites (N-methyl/N-ethyl adjacent to an activating group) is 1. The van der Waals surface area contributed by atoms with Gasteiger partial charge in [-0.1, -0.05) is 48.5 Å². The van der Waals surface area contributed by atoms with Gasteiger partial charge in [0.1, 0.15) is 5.75 Å². The molecule has 5 heteroatoms. The minimum atomic E-state index is -0.529. The maximum atomic E-state index is 13.4. The quantitative estimate of drug-likeness (QED) is 0.729. The van der Waals surface area contributed by atoms with Crippen molar-refractivity contribution in [1.82, 2.24) is 4.90 Å². The molecule has 3 aromatic carbocycles. The number of nitrogens with zero attached hydrogens (tertiary/aromatic N) is 1. The van der Waals surface area contributed by atoms with Gasteiger partial charge in [0.05, 0.1) is 19.1 Å². The number of methoxy groups -OCH3 is 1. The number of amides is 2. The molecule has 4 rings (SSSR count). The van der Waals surface area contributed by atoms with Crippen molar-refractivity contribution < 1.29 is 14.3 Å². The number of rotatable bonds is 4. The number of anilines is 1. The number of carbonyl (C=O) groups excluding carboxylic acids is 2. The summed E-state index contributed by atoms with van der Waals surface area (Å²) in [5, 5.41) is 3.01. The maximum absolute atomic E-state index is 13.4. The van der Waals surface area contributed by atoms with Crippen molar-refractivity contribution in [2.75, 3.05) is 19.5 Å². The topological polar surface area (TPSA) is 58.6 Å². The fourth-order valence-electron chi connectivity index (χ4n) is 3.92. The van der Waals surface area contributed by atoms with Gasteiger partial charge in [-0.3, -0.25) is 9.59 Å². The predicted octanol–water partition coefficient (Wildman–Crippen LogP) is 4.24. The summed E-state index contributed by atoms with van der Waals surface area (Å²) < 4.78 is 5.18. The van der Waals surface area contributed by atoms with Crippen LogP contribution in [0.1, 0.15) is 33.4 Å². The van der Waals surface area contributed by atoms with Gasteiger partial charge in [0.2, 0.25) is 5.91 Å². The van der Waals surface area contributed by atoms with E-state index in [1.807, 2.05) is 48.5 Å². The van der Waals surface area contributed by atoms with Crippen LogP contribution >= 0.6 is 0 Å². The lowest BCUT2D eigenvalue weighted by molar-refractivity contribution is -0.119. The molecule has 0 aromatic heterocycles. The van der Waals surface area contributed by atoms with Crippen LogP contribution in [0.2, 0.25) is 0 Å². The molecular formula is C24H22N2O3. The van der Waals surface area contributed by atoms with Gasteiger partial charge >= 0.3 is 0 Å². The van der Waals surface area contributed by atoms with Gasteiger partial charge in [-0.15, -0.1) is 0 Å². The highest BCUT2D eigenvalue weighted by Crippen LogP contribution is 2.42. The van der Waals surface area contributed by atoms with Gasteiger partial charge in [-0.05, 0) is 41.5 Å². The molecule has 0 bridgehead atoms. The van der Waals surface area contributed by atoms with Gasteiger partial charge in [-0.2, -0.15) is 0 Å². The minimum Gasteiger partial charge on any atom is -0.497 e. The van der Waals surface area contributed by atoms with Crippen LogP contribution in [0.4, 0.5) is 5.69 Å². The van der Waals surface area contributed by atoms with Crippen LogP contribution in [0.3, 0.4) is 0 Å². The number of nitrogens with one attached hydrogen (secondary N) is 1. The molecular weight excluding hydrogens is 364 g/mol. The largest absolute Gasteiger partial charge is 0.497 e. The molecule has 2 atom stereocenters. The Kier molecular flexibility index (Phi) is 5.04. The molecule has 29 heavy (non-hydrogen) atoms. The smallest absolute Gasteiger partial charge is 0.254 e. The highest BCUT2D eigenvalue weighted by atomic mass is 16.5. The molecule has 2 unspecified atom stereocenters. The molecule has 1 heterocycles. The first-order valence-corrected chi connectivity index (χ1v) is 9.46. The molecule has 5 nitrogen and oxygen atoms in total. The highest BCUT2D eigenvalue weighted by molar-refractivity contribution is 6.04. The molecule has 0 aliphatic carbocycles. The van der Waals surface area contributed by atoms with Crippen molar-refractivity contribution in [3.8, 4) is 5.75 Å². The normalized spacial score (nSPS) is 18.1. The summed E-state index contributed by atoms with van der Waals surface area (Å²) in [6, 6.07) is 23.8. The third kappa shape index (κ3) is 3.47. The average Bonchev–Trinajstić information content (AvgIpc) is 2.77. The number of carbonyl (C=O) groups is 2. The van der Waals surface area contributed by atoms with Gasteiger partial charge < -0.3 is 15.0 Å². The molecule has 1 aliphatic heterocycles. The number of hydrogen-bond donors (Lipinski definition) is 1.